The molecule has 0 bridgehead atoms. The van der Waals surface area contributed by atoms with Gasteiger partial charge in [-0.15, -0.1) is 11.3 Å². The number of amides is 1. The van der Waals surface area contributed by atoms with Crippen molar-refractivity contribution in [2.45, 2.75) is 38.8 Å². The van der Waals surface area contributed by atoms with Crippen LogP contribution in [0.25, 0.3) is 0 Å². The third-order valence-corrected chi connectivity index (χ3v) is 6.57. The van der Waals surface area contributed by atoms with Gasteiger partial charge in [-0.05, 0) is 57.9 Å². The molecule has 2 aliphatic heterocycles. The van der Waals surface area contributed by atoms with Crippen molar-refractivity contribution in [2.75, 3.05) is 33.3 Å². The molecular formula is C22H28N2O3S. The number of fused-ring (bicyclic) bond motifs is 2. The molecule has 150 valence electrons. The highest BCUT2D eigenvalue weighted by Crippen LogP contribution is 2.31. The SMILES string of the molecule is Cc1cc2c(s1)CCCN(CCCCN(C)C1COc3ccccc3O1)C2=O. The molecule has 5 nitrogen and oxygen atoms in total. The zero-order valence-electron chi connectivity index (χ0n) is 16.6. The smallest absolute Gasteiger partial charge is 0.254 e. The van der Waals surface area contributed by atoms with Gasteiger partial charge in [0, 0.05) is 29.4 Å². The summed E-state index contributed by atoms with van der Waals surface area (Å²) in [6.45, 7) is 5.24. The van der Waals surface area contributed by atoms with E-state index in [4.69, 9.17) is 9.47 Å². The summed E-state index contributed by atoms with van der Waals surface area (Å²) in [5.41, 5.74) is 0.934. The first-order chi connectivity index (χ1) is 13.6. The Morgan fingerprint density at radius 2 is 2.07 bits per heavy atom. The van der Waals surface area contributed by atoms with Crippen LogP contribution in [0, 0.1) is 6.92 Å². The van der Waals surface area contributed by atoms with Gasteiger partial charge in [0.25, 0.3) is 5.91 Å². The molecular weight excluding hydrogens is 372 g/mol. The average molecular weight is 401 g/mol. The molecule has 0 N–H and O–H groups in total. The van der Waals surface area contributed by atoms with E-state index >= 15 is 0 Å². The van der Waals surface area contributed by atoms with Gasteiger partial charge in [-0.3, -0.25) is 9.69 Å². The maximum Gasteiger partial charge on any atom is 0.254 e. The molecule has 0 saturated heterocycles. The first-order valence-corrected chi connectivity index (χ1v) is 10.9. The number of aryl methyl sites for hydroxylation is 2. The van der Waals surface area contributed by atoms with Gasteiger partial charge in [0.1, 0.15) is 6.61 Å². The van der Waals surface area contributed by atoms with Crippen molar-refractivity contribution in [3.8, 4) is 11.5 Å². The number of hydrogen-bond acceptors (Lipinski definition) is 5. The Kier molecular flexibility index (Phi) is 5.87. The van der Waals surface area contributed by atoms with Crippen LogP contribution in [-0.4, -0.2) is 55.2 Å². The summed E-state index contributed by atoms with van der Waals surface area (Å²) in [6.07, 6.45) is 4.05. The van der Waals surface area contributed by atoms with E-state index in [1.54, 1.807) is 11.3 Å². The van der Waals surface area contributed by atoms with Gasteiger partial charge in [0.05, 0.1) is 5.56 Å². The molecule has 28 heavy (non-hydrogen) atoms. The molecule has 0 spiro atoms. The molecule has 0 saturated carbocycles. The van der Waals surface area contributed by atoms with E-state index in [0.29, 0.717) is 6.61 Å². The number of rotatable bonds is 6. The van der Waals surface area contributed by atoms with Crippen LogP contribution in [0.3, 0.4) is 0 Å². The average Bonchev–Trinajstić information content (AvgIpc) is 3.02. The summed E-state index contributed by atoms with van der Waals surface area (Å²) < 4.78 is 11.9. The number of unbranched alkanes of at least 4 members (excludes halogenated alkanes) is 1. The van der Waals surface area contributed by atoms with Gasteiger partial charge in [0.2, 0.25) is 0 Å². The summed E-state index contributed by atoms with van der Waals surface area (Å²) in [5.74, 6) is 1.84. The zero-order chi connectivity index (χ0) is 19.5. The molecule has 1 atom stereocenters. The Morgan fingerprint density at radius 3 is 2.93 bits per heavy atom. The first-order valence-electron chi connectivity index (χ1n) is 10.1. The van der Waals surface area contributed by atoms with Crippen LogP contribution in [0.1, 0.15) is 39.4 Å². The minimum Gasteiger partial charge on any atom is -0.484 e. The van der Waals surface area contributed by atoms with Crippen LogP contribution in [0.5, 0.6) is 11.5 Å². The van der Waals surface area contributed by atoms with Crippen LogP contribution in [0.15, 0.2) is 30.3 Å². The fourth-order valence-corrected chi connectivity index (χ4v) is 4.95. The van der Waals surface area contributed by atoms with Crippen molar-refractivity contribution in [3.05, 3.63) is 45.6 Å². The van der Waals surface area contributed by atoms with Gasteiger partial charge in [-0.1, -0.05) is 12.1 Å². The molecule has 6 heteroatoms. The number of benzene rings is 1. The van der Waals surface area contributed by atoms with Gasteiger partial charge >= 0.3 is 0 Å². The quantitative estimate of drug-likeness (QED) is 0.689. The predicted molar refractivity (Wildman–Crippen MR) is 111 cm³/mol. The Hall–Kier alpha value is -2.05. The van der Waals surface area contributed by atoms with Crippen molar-refractivity contribution in [1.29, 1.82) is 0 Å². The van der Waals surface area contributed by atoms with Crippen LogP contribution >= 0.6 is 11.3 Å². The minimum atomic E-state index is -0.0638. The molecule has 0 radical (unpaired) electrons. The molecule has 1 aromatic heterocycles. The second-order valence-corrected chi connectivity index (χ2v) is 8.95. The highest BCUT2D eigenvalue weighted by Gasteiger charge is 2.25. The monoisotopic (exact) mass is 400 g/mol. The van der Waals surface area contributed by atoms with Crippen molar-refractivity contribution >= 4 is 17.2 Å². The number of ether oxygens (including phenoxy) is 2. The summed E-state index contributed by atoms with van der Waals surface area (Å²) in [5, 5.41) is 0. The number of para-hydroxylation sites is 2. The third-order valence-electron chi connectivity index (χ3n) is 5.46. The number of thiophene rings is 1. The number of carbonyl (C=O) groups excluding carboxylic acids is 1. The largest absolute Gasteiger partial charge is 0.484 e. The minimum absolute atomic E-state index is 0.0638. The number of nitrogens with zero attached hydrogens (tertiary/aromatic N) is 2. The van der Waals surface area contributed by atoms with Crippen molar-refractivity contribution < 1.29 is 14.3 Å². The molecule has 2 aliphatic rings. The lowest BCUT2D eigenvalue weighted by molar-refractivity contribution is -0.0159. The Labute approximate surface area is 170 Å². The number of hydrogen-bond donors (Lipinski definition) is 0. The number of likely N-dealkylation sites (N-methyl/N-ethyl adjacent to an activating group) is 1. The fraction of sp³-hybridized carbons (Fsp3) is 0.500. The molecule has 3 heterocycles. The maximum absolute atomic E-state index is 12.8. The van der Waals surface area contributed by atoms with Crippen molar-refractivity contribution in [3.63, 3.8) is 0 Å². The summed E-state index contributed by atoms with van der Waals surface area (Å²) in [7, 11) is 2.07. The van der Waals surface area contributed by atoms with Crippen molar-refractivity contribution in [1.82, 2.24) is 9.80 Å². The van der Waals surface area contributed by atoms with E-state index in [2.05, 4.69) is 24.9 Å². The molecule has 0 fully saturated rings. The Balaban J connectivity index is 1.24. The van der Waals surface area contributed by atoms with Crippen LogP contribution in [-0.2, 0) is 6.42 Å². The zero-order valence-corrected chi connectivity index (χ0v) is 17.5. The fourth-order valence-electron chi connectivity index (χ4n) is 3.88. The van der Waals surface area contributed by atoms with Gasteiger partial charge in [-0.25, -0.2) is 0 Å². The number of carbonyl (C=O) groups is 1. The molecule has 0 aliphatic carbocycles. The molecule has 4 rings (SSSR count). The normalized spacial score (nSPS) is 18.9. The third kappa shape index (κ3) is 4.18. The van der Waals surface area contributed by atoms with Gasteiger partial charge in [0.15, 0.2) is 17.7 Å². The lowest BCUT2D eigenvalue weighted by Gasteiger charge is -2.32. The van der Waals surface area contributed by atoms with E-state index in [1.165, 1.54) is 9.75 Å². The lowest BCUT2D eigenvalue weighted by atomic mass is 10.2. The predicted octanol–water partition coefficient (Wildman–Crippen LogP) is 3.95. The van der Waals surface area contributed by atoms with Crippen LogP contribution in [0.4, 0.5) is 0 Å². The Morgan fingerprint density at radius 1 is 1.25 bits per heavy atom. The summed E-state index contributed by atoms with van der Waals surface area (Å²) in [4.78, 5) is 19.6. The molecule has 1 aromatic carbocycles. The molecule has 1 unspecified atom stereocenters. The lowest BCUT2D eigenvalue weighted by Crippen LogP contribution is -2.43. The first kappa shape index (κ1) is 19.3. The van der Waals surface area contributed by atoms with E-state index in [-0.39, 0.29) is 12.1 Å². The van der Waals surface area contributed by atoms with E-state index in [0.717, 1.165) is 62.4 Å². The van der Waals surface area contributed by atoms with Crippen molar-refractivity contribution in [2.24, 2.45) is 0 Å². The van der Waals surface area contributed by atoms with Crippen LogP contribution in [0.2, 0.25) is 0 Å². The highest BCUT2D eigenvalue weighted by atomic mass is 32.1. The highest BCUT2D eigenvalue weighted by molar-refractivity contribution is 7.12. The van der Waals surface area contributed by atoms with E-state index in [9.17, 15) is 4.79 Å². The second kappa shape index (κ2) is 8.53. The van der Waals surface area contributed by atoms with E-state index in [1.807, 2.05) is 29.2 Å². The maximum atomic E-state index is 12.8. The second-order valence-electron chi connectivity index (χ2n) is 7.61. The molecule has 2 aromatic rings. The summed E-state index contributed by atoms with van der Waals surface area (Å²) in [6, 6.07) is 9.86. The summed E-state index contributed by atoms with van der Waals surface area (Å²) >= 11 is 1.77. The topological polar surface area (TPSA) is 42.0 Å². The van der Waals surface area contributed by atoms with Crippen LogP contribution < -0.4 is 9.47 Å². The molecule has 1 amide bonds. The van der Waals surface area contributed by atoms with E-state index < -0.39 is 0 Å². The van der Waals surface area contributed by atoms with Gasteiger partial charge in [-0.2, -0.15) is 0 Å². The Bertz CT molecular complexity index is 835. The standard InChI is InChI=1S/C22H28N2O3S/c1-16-14-17-20(28-16)10-7-13-24(22(17)25)12-6-5-11-23(2)21-15-26-18-8-3-4-9-19(18)27-21/h3-4,8-9,14,21H,5-7,10-13,15H2,1-2H3. The van der Waals surface area contributed by atoms with Gasteiger partial charge < -0.3 is 14.4 Å².